The Balaban J connectivity index is 0.000000465. The summed E-state index contributed by atoms with van der Waals surface area (Å²) in [5, 5.41) is 4.52. The fraction of sp³-hybridized carbons (Fsp3) is 0.250. The van der Waals surface area contributed by atoms with Gasteiger partial charge in [0.05, 0.1) is 27.9 Å². The lowest BCUT2D eigenvalue weighted by Gasteiger charge is -2.15. The van der Waals surface area contributed by atoms with E-state index >= 15 is 0 Å². The van der Waals surface area contributed by atoms with Crippen molar-refractivity contribution in [1.82, 2.24) is 4.98 Å². The van der Waals surface area contributed by atoms with Crippen molar-refractivity contribution in [3.63, 3.8) is 0 Å². The molecule has 144 valence electrons. The third kappa shape index (κ3) is 4.84. The quantitative estimate of drug-likeness (QED) is 0.607. The Kier molecular flexibility index (Phi) is 7.37. The molecule has 3 rings (SSSR count). The summed E-state index contributed by atoms with van der Waals surface area (Å²) in [6.07, 6.45) is 1.92. The molecule has 0 aliphatic carbocycles. The molecular weight excluding hydrogens is 348 g/mol. The van der Waals surface area contributed by atoms with Gasteiger partial charge in [0.1, 0.15) is 0 Å². The van der Waals surface area contributed by atoms with Crippen LogP contribution in [0.15, 0.2) is 42.6 Å². The second-order valence-corrected chi connectivity index (χ2v) is 5.34. The summed E-state index contributed by atoms with van der Waals surface area (Å²) in [7, 11) is 4.80. The zero-order valence-corrected chi connectivity index (χ0v) is 15.9. The highest BCUT2D eigenvalue weighted by Crippen LogP contribution is 2.41. The van der Waals surface area contributed by atoms with E-state index in [1.54, 1.807) is 28.3 Å². The summed E-state index contributed by atoms with van der Waals surface area (Å²) in [5.41, 5.74) is 2.95. The van der Waals surface area contributed by atoms with Crippen LogP contribution in [0.5, 0.6) is 17.2 Å². The van der Waals surface area contributed by atoms with Crippen LogP contribution in [-0.2, 0) is 9.53 Å². The molecule has 2 N–H and O–H groups in total. The van der Waals surface area contributed by atoms with Gasteiger partial charge in [-0.2, -0.15) is 0 Å². The van der Waals surface area contributed by atoms with Gasteiger partial charge in [0.2, 0.25) is 5.75 Å². The minimum atomic E-state index is 0.431. The van der Waals surface area contributed by atoms with Crippen LogP contribution in [0.3, 0.4) is 0 Å². The lowest BCUT2D eigenvalue weighted by atomic mass is 10.2. The number of benzene rings is 2. The highest BCUT2D eigenvalue weighted by atomic mass is 16.5. The second-order valence-electron chi connectivity index (χ2n) is 5.34. The Morgan fingerprint density at radius 2 is 1.74 bits per heavy atom. The third-order valence-corrected chi connectivity index (χ3v) is 3.77. The first-order valence-electron chi connectivity index (χ1n) is 8.36. The van der Waals surface area contributed by atoms with Gasteiger partial charge in [-0.3, -0.25) is 4.79 Å². The topological polar surface area (TPSA) is 81.8 Å². The maximum absolute atomic E-state index is 9.18. The van der Waals surface area contributed by atoms with Gasteiger partial charge in [-0.25, -0.2) is 0 Å². The molecule has 27 heavy (non-hydrogen) atoms. The van der Waals surface area contributed by atoms with Crippen LogP contribution in [0.1, 0.15) is 6.92 Å². The van der Waals surface area contributed by atoms with Gasteiger partial charge in [0, 0.05) is 40.6 Å². The number of fused-ring (bicyclic) bond motifs is 1. The van der Waals surface area contributed by atoms with Gasteiger partial charge in [-0.15, -0.1) is 0 Å². The molecule has 0 fully saturated rings. The zero-order chi connectivity index (χ0) is 19.6. The molecule has 0 amide bonds. The SMILES string of the molecule is CCOC=O.COc1cc(Nc2cccc3[nH]ccc23)cc(OC)c1OC. The van der Waals surface area contributed by atoms with Crippen LogP contribution < -0.4 is 19.5 Å². The molecule has 7 nitrogen and oxygen atoms in total. The lowest BCUT2D eigenvalue weighted by Crippen LogP contribution is -1.98. The molecule has 1 aromatic heterocycles. The molecule has 0 saturated heterocycles. The van der Waals surface area contributed by atoms with Crippen molar-refractivity contribution in [2.45, 2.75) is 6.92 Å². The van der Waals surface area contributed by atoms with E-state index in [1.807, 2.05) is 42.6 Å². The average Bonchev–Trinajstić information content (AvgIpc) is 3.18. The molecule has 0 atom stereocenters. The summed E-state index contributed by atoms with van der Waals surface area (Å²) in [6.45, 7) is 2.66. The maximum Gasteiger partial charge on any atom is 0.293 e. The van der Waals surface area contributed by atoms with Crippen LogP contribution in [0.2, 0.25) is 0 Å². The van der Waals surface area contributed by atoms with Crippen molar-refractivity contribution >= 4 is 28.7 Å². The van der Waals surface area contributed by atoms with E-state index in [4.69, 9.17) is 14.2 Å². The van der Waals surface area contributed by atoms with Crippen molar-refractivity contribution < 1.29 is 23.7 Å². The van der Waals surface area contributed by atoms with Crippen LogP contribution in [-0.4, -0.2) is 39.4 Å². The summed E-state index contributed by atoms with van der Waals surface area (Å²) >= 11 is 0. The largest absolute Gasteiger partial charge is 0.493 e. The molecule has 1 heterocycles. The van der Waals surface area contributed by atoms with Crippen molar-refractivity contribution in [1.29, 1.82) is 0 Å². The van der Waals surface area contributed by atoms with Crippen molar-refractivity contribution in [2.75, 3.05) is 33.3 Å². The zero-order valence-electron chi connectivity index (χ0n) is 15.9. The molecular formula is C20H24N2O5. The summed E-state index contributed by atoms with van der Waals surface area (Å²) in [4.78, 5) is 12.4. The normalized spacial score (nSPS) is 9.78. The Bertz CT molecular complexity index is 851. The summed E-state index contributed by atoms with van der Waals surface area (Å²) in [5.74, 6) is 1.81. The van der Waals surface area contributed by atoms with E-state index in [0.717, 1.165) is 22.3 Å². The monoisotopic (exact) mass is 372 g/mol. The standard InChI is InChI=1S/C17H18N2O3.C3H6O2/c1-20-15-9-11(10-16(21-2)17(15)22-3)19-14-6-4-5-13-12(14)7-8-18-13;1-2-5-3-4/h4-10,18-19H,1-3H3;3H,2H2,1H3. The molecule has 0 unspecified atom stereocenters. The van der Waals surface area contributed by atoms with Crippen LogP contribution >= 0.6 is 0 Å². The summed E-state index contributed by atoms with van der Waals surface area (Å²) < 4.78 is 20.2. The van der Waals surface area contributed by atoms with Gasteiger partial charge in [-0.05, 0) is 25.1 Å². The van der Waals surface area contributed by atoms with E-state index in [1.165, 1.54) is 0 Å². The third-order valence-electron chi connectivity index (χ3n) is 3.77. The average molecular weight is 372 g/mol. The van der Waals surface area contributed by atoms with E-state index in [-0.39, 0.29) is 0 Å². The number of carbonyl (C=O) groups excluding carboxylic acids is 1. The first-order valence-corrected chi connectivity index (χ1v) is 8.36. The van der Waals surface area contributed by atoms with Crippen molar-refractivity contribution in [2.24, 2.45) is 0 Å². The highest BCUT2D eigenvalue weighted by Gasteiger charge is 2.13. The second kappa shape index (κ2) is 9.96. The number of carbonyl (C=O) groups is 1. The molecule has 0 aliphatic rings. The van der Waals surface area contributed by atoms with Crippen LogP contribution in [0, 0.1) is 0 Å². The number of rotatable bonds is 7. The molecule has 0 saturated carbocycles. The first-order chi connectivity index (χ1) is 13.2. The van der Waals surface area contributed by atoms with Crippen molar-refractivity contribution in [3.05, 3.63) is 42.6 Å². The Labute approximate surface area is 158 Å². The first kappa shape index (κ1) is 20.0. The number of anilines is 2. The Hall–Kier alpha value is -3.35. The molecule has 3 aromatic rings. The lowest BCUT2D eigenvalue weighted by molar-refractivity contribution is -0.128. The van der Waals surface area contributed by atoms with Gasteiger partial charge < -0.3 is 29.2 Å². The van der Waals surface area contributed by atoms with E-state index in [0.29, 0.717) is 30.3 Å². The number of aromatic nitrogens is 1. The molecule has 7 heteroatoms. The van der Waals surface area contributed by atoms with Gasteiger partial charge in [0.25, 0.3) is 6.47 Å². The molecule has 0 bridgehead atoms. The molecule has 0 spiro atoms. The molecule has 2 aromatic carbocycles. The summed E-state index contributed by atoms with van der Waals surface area (Å²) in [6, 6.07) is 11.9. The Morgan fingerprint density at radius 3 is 2.26 bits per heavy atom. The molecule has 0 radical (unpaired) electrons. The van der Waals surface area contributed by atoms with E-state index in [9.17, 15) is 4.79 Å². The minimum Gasteiger partial charge on any atom is -0.493 e. The predicted octanol–water partition coefficient (Wildman–Crippen LogP) is 4.12. The van der Waals surface area contributed by atoms with Gasteiger partial charge in [-0.1, -0.05) is 6.07 Å². The van der Waals surface area contributed by atoms with Gasteiger partial charge in [0.15, 0.2) is 11.5 Å². The van der Waals surface area contributed by atoms with Gasteiger partial charge >= 0.3 is 0 Å². The maximum atomic E-state index is 9.18. The number of aromatic amines is 1. The fourth-order valence-electron chi connectivity index (χ4n) is 2.57. The smallest absolute Gasteiger partial charge is 0.293 e. The van der Waals surface area contributed by atoms with E-state index < -0.39 is 0 Å². The van der Waals surface area contributed by atoms with Crippen molar-refractivity contribution in [3.8, 4) is 17.2 Å². The van der Waals surface area contributed by atoms with Crippen LogP contribution in [0.4, 0.5) is 11.4 Å². The minimum absolute atomic E-state index is 0.431. The molecule has 0 aliphatic heterocycles. The number of methoxy groups -OCH3 is 3. The Morgan fingerprint density at radius 1 is 1.04 bits per heavy atom. The fourth-order valence-corrected chi connectivity index (χ4v) is 2.57. The highest BCUT2D eigenvalue weighted by molar-refractivity contribution is 5.93. The van der Waals surface area contributed by atoms with E-state index in [2.05, 4.69) is 15.0 Å². The number of nitrogens with one attached hydrogen (secondary N) is 2. The number of ether oxygens (including phenoxy) is 4. The predicted molar refractivity (Wildman–Crippen MR) is 105 cm³/mol. The number of hydrogen-bond donors (Lipinski definition) is 2. The van der Waals surface area contributed by atoms with Crippen LogP contribution in [0.25, 0.3) is 10.9 Å². The number of hydrogen-bond acceptors (Lipinski definition) is 6. The number of H-pyrrole nitrogens is 1.